The number of rotatable bonds is 4. The van der Waals surface area contributed by atoms with Crippen LogP contribution in [0, 0.1) is 5.82 Å². The molecular weight excluding hydrogens is 335 g/mol. The molecule has 5 heteroatoms. The molecule has 3 heterocycles. The van der Waals surface area contributed by atoms with Crippen molar-refractivity contribution >= 4 is 17.2 Å². The summed E-state index contributed by atoms with van der Waals surface area (Å²) in [5.41, 5.74) is 2.34. The van der Waals surface area contributed by atoms with Gasteiger partial charge in [-0.05, 0) is 60.5 Å². The van der Waals surface area contributed by atoms with Gasteiger partial charge in [0.2, 0.25) is 5.91 Å². The average Bonchev–Trinajstić information content (AvgIpc) is 3.28. The fraction of sp³-hybridized carbons (Fsp3) is 0.450. The molecule has 0 radical (unpaired) electrons. The van der Waals surface area contributed by atoms with Crippen molar-refractivity contribution in [1.82, 2.24) is 9.80 Å². The summed E-state index contributed by atoms with van der Waals surface area (Å²) in [6.07, 6.45) is 3.68. The Balaban J connectivity index is 1.35. The normalized spacial score (nSPS) is 20.7. The number of carbonyl (C=O) groups excluding carboxylic acids is 1. The Morgan fingerprint density at radius 2 is 2.20 bits per heavy atom. The van der Waals surface area contributed by atoms with Crippen molar-refractivity contribution in [3.05, 3.63) is 57.5 Å². The van der Waals surface area contributed by atoms with Crippen LogP contribution in [0.25, 0.3) is 0 Å². The molecule has 1 amide bonds. The minimum atomic E-state index is -0.180. The molecule has 0 aliphatic carbocycles. The second-order valence-corrected chi connectivity index (χ2v) is 7.93. The lowest BCUT2D eigenvalue weighted by Crippen LogP contribution is -2.37. The molecular formula is C20H23FN2OS. The largest absolute Gasteiger partial charge is 0.338 e. The number of carbonyl (C=O) groups is 1. The lowest BCUT2D eigenvalue weighted by Gasteiger charge is -2.29. The van der Waals surface area contributed by atoms with Crippen LogP contribution in [-0.4, -0.2) is 35.3 Å². The molecule has 132 valence electrons. The van der Waals surface area contributed by atoms with Gasteiger partial charge >= 0.3 is 0 Å². The van der Waals surface area contributed by atoms with Gasteiger partial charge in [0.25, 0.3) is 0 Å². The quantitative estimate of drug-likeness (QED) is 0.825. The van der Waals surface area contributed by atoms with Crippen molar-refractivity contribution in [3.63, 3.8) is 0 Å². The number of fused-ring (bicyclic) bond motifs is 1. The maximum absolute atomic E-state index is 13.5. The van der Waals surface area contributed by atoms with Gasteiger partial charge in [0.05, 0.1) is 0 Å². The van der Waals surface area contributed by atoms with Crippen molar-refractivity contribution in [3.8, 4) is 0 Å². The number of halogens is 1. The minimum absolute atomic E-state index is 0.180. The maximum atomic E-state index is 13.5. The van der Waals surface area contributed by atoms with Gasteiger partial charge in [-0.25, -0.2) is 4.39 Å². The van der Waals surface area contributed by atoms with Crippen molar-refractivity contribution in [2.24, 2.45) is 0 Å². The fourth-order valence-electron chi connectivity index (χ4n) is 4.04. The van der Waals surface area contributed by atoms with Crippen molar-refractivity contribution < 1.29 is 9.18 Å². The molecule has 2 aliphatic rings. The third-order valence-electron chi connectivity index (χ3n) is 5.37. The molecule has 4 rings (SSSR count). The zero-order valence-electron chi connectivity index (χ0n) is 14.3. The summed E-state index contributed by atoms with van der Waals surface area (Å²) in [5.74, 6) is 0.0575. The Kier molecular flexibility index (Phi) is 4.86. The van der Waals surface area contributed by atoms with Crippen LogP contribution in [0.3, 0.4) is 0 Å². The molecule has 1 saturated heterocycles. The van der Waals surface area contributed by atoms with E-state index in [1.807, 2.05) is 11.0 Å². The number of amides is 1. The molecule has 2 aliphatic heterocycles. The van der Waals surface area contributed by atoms with E-state index in [0.29, 0.717) is 6.42 Å². The molecule has 2 aromatic rings. The number of hydrogen-bond donors (Lipinski definition) is 0. The molecule has 0 saturated carbocycles. The van der Waals surface area contributed by atoms with Crippen molar-refractivity contribution in [1.29, 1.82) is 0 Å². The Morgan fingerprint density at radius 3 is 3.08 bits per heavy atom. The van der Waals surface area contributed by atoms with Crippen LogP contribution in [-0.2, 0) is 17.8 Å². The number of hydrogen-bond acceptors (Lipinski definition) is 3. The summed E-state index contributed by atoms with van der Waals surface area (Å²) >= 11 is 1.80. The molecule has 1 aromatic carbocycles. The highest BCUT2D eigenvalue weighted by Crippen LogP contribution is 2.32. The Labute approximate surface area is 152 Å². The Hall–Kier alpha value is -1.72. The van der Waals surface area contributed by atoms with Crippen LogP contribution in [0.2, 0.25) is 0 Å². The van der Waals surface area contributed by atoms with E-state index < -0.39 is 0 Å². The van der Waals surface area contributed by atoms with E-state index in [9.17, 15) is 9.18 Å². The monoisotopic (exact) mass is 358 g/mol. The molecule has 3 nitrogen and oxygen atoms in total. The lowest BCUT2D eigenvalue weighted by molar-refractivity contribution is -0.132. The first-order valence-corrected chi connectivity index (χ1v) is 9.91. The third-order valence-corrected chi connectivity index (χ3v) is 6.39. The third kappa shape index (κ3) is 3.62. The molecule has 1 fully saturated rings. The molecule has 0 unspecified atom stereocenters. The highest BCUT2D eigenvalue weighted by atomic mass is 32.1. The van der Waals surface area contributed by atoms with E-state index in [1.165, 1.54) is 16.5 Å². The predicted molar refractivity (Wildman–Crippen MR) is 98.0 cm³/mol. The number of benzene rings is 1. The highest BCUT2D eigenvalue weighted by molar-refractivity contribution is 7.10. The number of nitrogens with zero attached hydrogens (tertiary/aromatic N) is 2. The Bertz CT molecular complexity index is 760. The molecule has 1 aromatic heterocycles. The van der Waals surface area contributed by atoms with E-state index in [1.54, 1.807) is 23.5 Å². The standard InChI is InChI=1S/C20H23FN2OS/c21-17-4-1-3-15(13-17)18-5-2-9-22(18)11-7-20(24)23-10-6-19-16(14-23)8-12-25-19/h1,3-4,8,12-13,18H,2,5-7,9-11,14H2/t18-/m1/s1. The molecule has 1 atom stereocenters. The minimum Gasteiger partial charge on any atom is -0.338 e. The first-order chi connectivity index (χ1) is 12.2. The van der Waals surface area contributed by atoms with E-state index >= 15 is 0 Å². The summed E-state index contributed by atoms with van der Waals surface area (Å²) in [6.45, 7) is 3.33. The van der Waals surface area contributed by atoms with E-state index in [4.69, 9.17) is 0 Å². The summed E-state index contributed by atoms with van der Waals surface area (Å²) in [5, 5.41) is 2.12. The van der Waals surface area contributed by atoms with Crippen molar-refractivity contribution in [2.45, 2.75) is 38.3 Å². The van der Waals surface area contributed by atoms with Gasteiger partial charge < -0.3 is 4.90 Å². The van der Waals surface area contributed by atoms with E-state index in [-0.39, 0.29) is 17.8 Å². The zero-order chi connectivity index (χ0) is 17.2. The van der Waals surface area contributed by atoms with Crippen LogP contribution in [0.4, 0.5) is 4.39 Å². The number of thiophene rings is 1. The van der Waals surface area contributed by atoms with Gasteiger partial charge in [-0.1, -0.05) is 12.1 Å². The molecule has 25 heavy (non-hydrogen) atoms. The highest BCUT2D eigenvalue weighted by Gasteiger charge is 2.28. The van der Waals surface area contributed by atoms with Gasteiger partial charge in [-0.3, -0.25) is 9.69 Å². The summed E-state index contributed by atoms with van der Waals surface area (Å²) in [4.78, 5) is 18.4. The van der Waals surface area contributed by atoms with Crippen LogP contribution in [0.1, 0.15) is 41.3 Å². The summed E-state index contributed by atoms with van der Waals surface area (Å²) in [7, 11) is 0. The number of likely N-dealkylation sites (tertiary alicyclic amines) is 1. The van der Waals surface area contributed by atoms with Gasteiger partial charge in [-0.15, -0.1) is 11.3 Å². The van der Waals surface area contributed by atoms with Crippen LogP contribution in [0.5, 0.6) is 0 Å². The second kappa shape index (κ2) is 7.26. The molecule has 0 spiro atoms. The van der Waals surface area contributed by atoms with Crippen LogP contribution >= 0.6 is 11.3 Å². The van der Waals surface area contributed by atoms with Crippen LogP contribution < -0.4 is 0 Å². The Morgan fingerprint density at radius 1 is 1.28 bits per heavy atom. The topological polar surface area (TPSA) is 23.6 Å². The van der Waals surface area contributed by atoms with Gasteiger partial charge in [0.15, 0.2) is 0 Å². The van der Waals surface area contributed by atoms with Crippen molar-refractivity contribution in [2.75, 3.05) is 19.6 Å². The smallest absolute Gasteiger partial charge is 0.224 e. The van der Waals surface area contributed by atoms with Gasteiger partial charge in [0, 0.05) is 37.0 Å². The molecule has 0 N–H and O–H groups in total. The molecule has 0 bridgehead atoms. The zero-order valence-corrected chi connectivity index (χ0v) is 15.1. The summed E-state index contributed by atoms with van der Waals surface area (Å²) < 4.78 is 13.5. The lowest BCUT2D eigenvalue weighted by atomic mass is 10.0. The van der Waals surface area contributed by atoms with Gasteiger partial charge in [-0.2, -0.15) is 0 Å². The SMILES string of the molecule is O=C(CCN1CCC[C@@H]1c1cccc(F)c1)N1CCc2sccc2C1. The van der Waals surface area contributed by atoms with E-state index in [2.05, 4.69) is 16.3 Å². The van der Waals surface area contributed by atoms with E-state index in [0.717, 1.165) is 51.0 Å². The van der Waals surface area contributed by atoms with Crippen LogP contribution in [0.15, 0.2) is 35.7 Å². The second-order valence-electron chi connectivity index (χ2n) is 6.93. The average molecular weight is 358 g/mol. The van der Waals surface area contributed by atoms with Gasteiger partial charge in [0.1, 0.15) is 5.82 Å². The maximum Gasteiger partial charge on any atom is 0.224 e. The predicted octanol–water partition coefficient (Wildman–Crippen LogP) is 4.00. The first-order valence-electron chi connectivity index (χ1n) is 9.03. The fourth-order valence-corrected chi connectivity index (χ4v) is 4.93. The summed E-state index contributed by atoms with van der Waals surface area (Å²) in [6, 6.07) is 9.28. The first kappa shape index (κ1) is 16.7.